The number of carboxylic acids is 1. The van der Waals surface area contributed by atoms with Gasteiger partial charge in [-0.2, -0.15) is 11.8 Å². The summed E-state index contributed by atoms with van der Waals surface area (Å²) in [6.45, 7) is 0. The lowest BCUT2D eigenvalue weighted by atomic mass is 10.2. The number of carbonyl (C=O) groups excluding carboxylic acids is 1. The van der Waals surface area contributed by atoms with Crippen LogP contribution < -0.4 is 5.32 Å². The number of carboxylic acid groups (broad SMARTS) is 1. The first-order chi connectivity index (χ1) is 8.04. The molecule has 1 amide bonds. The molecule has 0 aliphatic heterocycles. The van der Waals surface area contributed by atoms with Crippen molar-refractivity contribution in [2.45, 2.75) is 12.5 Å². The summed E-state index contributed by atoms with van der Waals surface area (Å²) in [5.41, 5.74) is 0.225. The van der Waals surface area contributed by atoms with Crippen LogP contribution in [0, 0.1) is 0 Å². The van der Waals surface area contributed by atoms with Crippen molar-refractivity contribution in [1.29, 1.82) is 0 Å². The lowest BCUT2D eigenvalue weighted by molar-refractivity contribution is -0.139. The third kappa shape index (κ3) is 4.10. The first-order valence-electron chi connectivity index (χ1n) is 5.05. The summed E-state index contributed by atoms with van der Waals surface area (Å²) in [4.78, 5) is 26.5. The van der Waals surface area contributed by atoms with Crippen molar-refractivity contribution in [2.24, 2.45) is 7.05 Å². The number of aromatic nitrogens is 2. The lowest BCUT2D eigenvalue weighted by Crippen LogP contribution is -2.41. The van der Waals surface area contributed by atoms with Gasteiger partial charge in [0.05, 0.1) is 6.33 Å². The molecule has 1 heterocycles. The maximum Gasteiger partial charge on any atom is 0.326 e. The number of carbonyl (C=O) groups is 2. The quantitative estimate of drug-likeness (QED) is 0.768. The van der Waals surface area contributed by atoms with Crippen molar-refractivity contribution in [3.8, 4) is 0 Å². The molecule has 0 unspecified atom stereocenters. The summed E-state index contributed by atoms with van der Waals surface area (Å²) in [6.07, 6.45) is 5.32. The van der Waals surface area contributed by atoms with Crippen molar-refractivity contribution in [3.63, 3.8) is 0 Å². The van der Waals surface area contributed by atoms with Crippen molar-refractivity contribution in [1.82, 2.24) is 14.9 Å². The summed E-state index contributed by atoms with van der Waals surface area (Å²) >= 11 is 1.54. The van der Waals surface area contributed by atoms with Crippen LogP contribution >= 0.6 is 11.8 Å². The Labute approximate surface area is 103 Å². The van der Waals surface area contributed by atoms with Gasteiger partial charge in [-0.05, 0) is 18.4 Å². The van der Waals surface area contributed by atoms with E-state index in [4.69, 9.17) is 5.11 Å². The zero-order valence-corrected chi connectivity index (χ0v) is 10.5. The molecule has 7 heteroatoms. The summed E-state index contributed by atoms with van der Waals surface area (Å²) < 4.78 is 1.63. The normalized spacial score (nSPS) is 12.1. The van der Waals surface area contributed by atoms with Gasteiger partial charge in [-0.1, -0.05) is 0 Å². The third-order valence-electron chi connectivity index (χ3n) is 2.15. The Balaban J connectivity index is 2.60. The fraction of sp³-hybridized carbons (Fsp3) is 0.500. The number of aliphatic carboxylic acids is 1. The van der Waals surface area contributed by atoms with Crippen LogP contribution in [0.3, 0.4) is 0 Å². The number of aryl methyl sites for hydroxylation is 1. The second-order valence-electron chi connectivity index (χ2n) is 3.57. The Kier molecular flexibility index (Phi) is 5.02. The molecule has 0 saturated heterocycles. The molecule has 0 aliphatic rings. The molecule has 1 aromatic rings. The van der Waals surface area contributed by atoms with E-state index < -0.39 is 17.9 Å². The molecule has 0 aliphatic carbocycles. The van der Waals surface area contributed by atoms with E-state index in [1.54, 1.807) is 29.6 Å². The van der Waals surface area contributed by atoms with Crippen LogP contribution in [0.2, 0.25) is 0 Å². The van der Waals surface area contributed by atoms with Gasteiger partial charge < -0.3 is 15.0 Å². The molecule has 2 N–H and O–H groups in total. The first-order valence-corrected chi connectivity index (χ1v) is 6.44. The fourth-order valence-electron chi connectivity index (χ4n) is 1.26. The zero-order chi connectivity index (χ0) is 12.8. The van der Waals surface area contributed by atoms with Crippen LogP contribution in [-0.2, 0) is 11.8 Å². The molecule has 0 saturated carbocycles. The molecule has 0 fully saturated rings. The number of thioether (sulfide) groups is 1. The second-order valence-corrected chi connectivity index (χ2v) is 4.56. The minimum atomic E-state index is -1.02. The van der Waals surface area contributed by atoms with Gasteiger partial charge in [-0.3, -0.25) is 4.79 Å². The Morgan fingerprint density at radius 1 is 1.65 bits per heavy atom. The van der Waals surface area contributed by atoms with Gasteiger partial charge in [0.1, 0.15) is 11.7 Å². The monoisotopic (exact) mass is 257 g/mol. The molecular formula is C10H15N3O3S. The van der Waals surface area contributed by atoms with Gasteiger partial charge in [-0.25, -0.2) is 9.78 Å². The van der Waals surface area contributed by atoms with E-state index in [-0.39, 0.29) is 5.69 Å². The lowest BCUT2D eigenvalue weighted by Gasteiger charge is -2.12. The van der Waals surface area contributed by atoms with Gasteiger partial charge in [0, 0.05) is 13.2 Å². The molecule has 0 radical (unpaired) electrons. The highest BCUT2D eigenvalue weighted by atomic mass is 32.2. The summed E-state index contributed by atoms with van der Waals surface area (Å²) in [7, 11) is 1.74. The maximum absolute atomic E-state index is 11.7. The van der Waals surface area contributed by atoms with E-state index in [1.165, 1.54) is 6.33 Å². The Morgan fingerprint density at radius 2 is 2.35 bits per heavy atom. The van der Waals surface area contributed by atoms with E-state index in [0.717, 1.165) is 0 Å². The van der Waals surface area contributed by atoms with Gasteiger partial charge in [-0.15, -0.1) is 0 Å². The Morgan fingerprint density at radius 3 is 2.82 bits per heavy atom. The molecule has 94 valence electrons. The number of nitrogens with one attached hydrogen (secondary N) is 1. The zero-order valence-electron chi connectivity index (χ0n) is 9.71. The smallest absolute Gasteiger partial charge is 0.326 e. The average Bonchev–Trinajstić information content (AvgIpc) is 2.70. The predicted octanol–water partition coefficient (Wildman–Crippen LogP) is 0.356. The number of nitrogens with zero attached hydrogens (tertiary/aromatic N) is 2. The van der Waals surface area contributed by atoms with Crippen molar-refractivity contribution < 1.29 is 14.7 Å². The van der Waals surface area contributed by atoms with Crippen LogP contribution in [0.5, 0.6) is 0 Å². The minimum absolute atomic E-state index is 0.225. The van der Waals surface area contributed by atoms with Crippen LogP contribution in [0.1, 0.15) is 16.9 Å². The fourth-order valence-corrected chi connectivity index (χ4v) is 1.73. The number of rotatable bonds is 6. The largest absolute Gasteiger partial charge is 0.480 e. The molecule has 0 bridgehead atoms. The predicted molar refractivity (Wildman–Crippen MR) is 65.1 cm³/mol. The number of imidazole rings is 1. The number of hydrogen-bond acceptors (Lipinski definition) is 4. The highest BCUT2D eigenvalue weighted by Gasteiger charge is 2.20. The Hall–Kier alpha value is -1.50. The molecule has 0 spiro atoms. The topological polar surface area (TPSA) is 84.2 Å². The highest BCUT2D eigenvalue weighted by molar-refractivity contribution is 7.98. The van der Waals surface area contributed by atoms with Crippen molar-refractivity contribution in [3.05, 3.63) is 18.2 Å². The van der Waals surface area contributed by atoms with E-state index in [9.17, 15) is 9.59 Å². The third-order valence-corrected chi connectivity index (χ3v) is 2.80. The minimum Gasteiger partial charge on any atom is -0.480 e. The van der Waals surface area contributed by atoms with Crippen molar-refractivity contribution >= 4 is 23.6 Å². The summed E-state index contributed by atoms with van der Waals surface area (Å²) in [5.74, 6) is -0.804. The molecule has 17 heavy (non-hydrogen) atoms. The van der Waals surface area contributed by atoms with Crippen LogP contribution in [0.4, 0.5) is 0 Å². The maximum atomic E-state index is 11.7. The van der Waals surface area contributed by atoms with Gasteiger partial charge >= 0.3 is 5.97 Å². The molecule has 0 aromatic carbocycles. The van der Waals surface area contributed by atoms with E-state index in [0.29, 0.717) is 12.2 Å². The average molecular weight is 257 g/mol. The molecule has 1 aromatic heterocycles. The molecule has 1 atom stereocenters. The summed E-state index contributed by atoms with van der Waals surface area (Å²) in [6, 6.07) is -0.864. The Bertz CT molecular complexity index is 405. The SMILES string of the molecule is CSCC[C@@H](NC(=O)c1cn(C)cn1)C(=O)O. The first kappa shape index (κ1) is 13.6. The van der Waals surface area contributed by atoms with Crippen molar-refractivity contribution in [2.75, 3.05) is 12.0 Å². The van der Waals surface area contributed by atoms with Crippen LogP contribution in [-0.4, -0.2) is 44.6 Å². The van der Waals surface area contributed by atoms with Crippen LogP contribution in [0.15, 0.2) is 12.5 Å². The number of hydrogen-bond donors (Lipinski definition) is 2. The van der Waals surface area contributed by atoms with Gasteiger partial charge in [0.15, 0.2) is 0 Å². The van der Waals surface area contributed by atoms with Crippen LogP contribution in [0.25, 0.3) is 0 Å². The standard InChI is InChI=1S/C10H15N3O3S/c1-13-5-8(11-6-13)9(14)12-7(10(15)16)3-4-17-2/h5-7H,3-4H2,1-2H3,(H,12,14)(H,15,16)/t7-/m1/s1. The van der Waals surface area contributed by atoms with E-state index in [1.807, 2.05) is 6.26 Å². The van der Waals surface area contributed by atoms with Gasteiger partial charge in [0.25, 0.3) is 5.91 Å². The number of amides is 1. The molecule has 6 nitrogen and oxygen atoms in total. The van der Waals surface area contributed by atoms with E-state index in [2.05, 4.69) is 10.3 Å². The molecule has 1 rings (SSSR count). The van der Waals surface area contributed by atoms with Gasteiger partial charge in [0.2, 0.25) is 0 Å². The summed E-state index contributed by atoms with van der Waals surface area (Å²) in [5, 5.41) is 11.4. The highest BCUT2D eigenvalue weighted by Crippen LogP contribution is 2.02. The van der Waals surface area contributed by atoms with E-state index >= 15 is 0 Å². The second kappa shape index (κ2) is 6.29. The molecular weight excluding hydrogens is 242 g/mol.